The van der Waals surface area contributed by atoms with Crippen LogP contribution < -0.4 is 5.32 Å². The fraction of sp³-hybridized carbons (Fsp3) is 0.800. The quantitative estimate of drug-likeness (QED) is 0.568. The van der Waals surface area contributed by atoms with Crippen LogP contribution in [-0.2, 0) is 9.53 Å². The van der Waals surface area contributed by atoms with E-state index < -0.39 is 49.1 Å². The van der Waals surface area contributed by atoms with Gasteiger partial charge in [0.15, 0.2) is 12.4 Å². The highest BCUT2D eigenvalue weighted by atomic mass is 19.1. The van der Waals surface area contributed by atoms with E-state index in [0.717, 1.165) is 4.90 Å². The van der Waals surface area contributed by atoms with Crippen LogP contribution in [0.3, 0.4) is 0 Å². The maximum atomic E-state index is 13.8. The van der Waals surface area contributed by atoms with Crippen LogP contribution in [0, 0.1) is 5.92 Å². The summed E-state index contributed by atoms with van der Waals surface area (Å²) >= 11 is 0. The van der Waals surface area contributed by atoms with Crippen molar-refractivity contribution >= 4 is 11.9 Å². The second kappa shape index (κ2) is 4.79. The van der Waals surface area contributed by atoms with E-state index >= 15 is 0 Å². The lowest BCUT2D eigenvalue weighted by molar-refractivity contribution is -0.129. The van der Waals surface area contributed by atoms with Crippen molar-refractivity contribution in [3.63, 3.8) is 0 Å². The molecule has 18 heavy (non-hydrogen) atoms. The molecule has 2 unspecified atom stereocenters. The number of nitrogens with one attached hydrogen (secondary N) is 1. The van der Waals surface area contributed by atoms with E-state index in [1.165, 1.54) is 0 Å². The number of carbonyl (C=O) groups is 2. The molecule has 102 valence electrons. The summed E-state index contributed by atoms with van der Waals surface area (Å²) in [6.45, 7) is 1.07. The second-order valence-corrected chi connectivity index (χ2v) is 4.53. The van der Waals surface area contributed by atoms with Gasteiger partial charge in [-0.2, -0.15) is 0 Å². The summed E-state index contributed by atoms with van der Waals surface area (Å²) in [6, 6.07) is -0.753. The van der Waals surface area contributed by atoms with Gasteiger partial charge in [-0.25, -0.2) is 9.18 Å². The molecule has 0 aromatic heterocycles. The van der Waals surface area contributed by atoms with E-state index in [4.69, 9.17) is 9.84 Å². The Morgan fingerprint density at radius 2 is 2.22 bits per heavy atom. The Morgan fingerprint density at radius 3 is 2.78 bits per heavy atom. The van der Waals surface area contributed by atoms with E-state index in [1.807, 2.05) is 0 Å². The van der Waals surface area contributed by atoms with Crippen LogP contribution in [0.5, 0.6) is 0 Å². The number of rotatable bonds is 2. The molecule has 0 saturated carbocycles. The summed E-state index contributed by atoms with van der Waals surface area (Å²) < 4.78 is 18.9. The highest BCUT2D eigenvalue weighted by Gasteiger charge is 2.49. The highest BCUT2D eigenvalue weighted by molar-refractivity contribution is 5.97. The van der Waals surface area contributed by atoms with E-state index in [0.29, 0.717) is 0 Å². The maximum Gasteiger partial charge on any atom is 0.326 e. The van der Waals surface area contributed by atoms with Crippen molar-refractivity contribution in [2.45, 2.75) is 31.5 Å². The molecular weight excluding hydrogens is 247 g/mol. The first-order valence-electron chi connectivity index (χ1n) is 5.65. The van der Waals surface area contributed by atoms with Gasteiger partial charge in [0.1, 0.15) is 12.2 Å². The van der Waals surface area contributed by atoms with Gasteiger partial charge in [0.2, 0.25) is 5.91 Å². The van der Waals surface area contributed by atoms with Crippen molar-refractivity contribution in [3.05, 3.63) is 0 Å². The van der Waals surface area contributed by atoms with Crippen molar-refractivity contribution in [2.24, 2.45) is 5.92 Å². The number of halogens is 1. The molecule has 0 aromatic carbocycles. The number of hydrogen-bond acceptors (Lipinski definition) is 5. The van der Waals surface area contributed by atoms with Crippen LogP contribution in [0.1, 0.15) is 6.92 Å². The van der Waals surface area contributed by atoms with E-state index in [9.17, 15) is 19.1 Å². The summed E-state index contributed by atoms with van der Waals surface area (Å²) in [7, 11) is 0. The molecular formula is C10H15FN2O5. The molecule has 2 heterocycles. The van der Waals surface area contributed by atoms with Crippen LogP contribution in [-0.4, -0.2) is 64.8 Å². The van der Waals surface area contributed by atoms with Gasteiger partial charge in [-0.15, -0.1) is 0 Å². The summed E-state index contributed by atoms with van der Waals surface area (Å²) in [5.74, 6) is -0.910. The molecule has 2 saturated heterocycles. The normalized spacial score (nSPS) is 41.1. The number of imide groups is 1. The standard InChI is InChI=1S/C10H15FN2O5/c1-4-2-13(10(17)12-8(4)16)9-6(11)7(15)5(3-14)18-9/h4-7,9,14-15H,2-3H2,1H3,(H,12,16,17)/t4?,5-,6+,7-,9?/m1/s1. The number of aliphatic hydroxyl groups is 2. The molecule has 5 atom stereocenters. The monoisotopic (exact) mass is 262 g/mol. The van der Waals surface area contributed by atoms with E-state index in [1.54, 1.807) is 6.92 Å². The predicted molar refractivity (Wildman–Crippen MR) is 56.1 cm³/mol. The Labute approximate surface area is 103 Å². The summed E-state index contributed by atoms with van der Waals surface area (Å²) in [5.41, 5.74) is 0. The minimum absolute atomic E-state index is 0.0145. The lowest BCUT2D eigenvalue weighted by Crippen LogP contribution is -2.59. The number of urea groups is 1. The first kappa shape index (κ1) is 13.2. The smallest absolute Gasteiger partial charge is 0.326 e. The van der Waals surface area contributed by atoms with E-state index in [-0.39, 0.29) is 6.54 Å². The molecule has 2 aliphatic rings. The SMILES string of the molecule is CC1CN(C2O[C@H](CO)[C@@H](O)[C@@H]2F)C(=O)NC1=O. The van der Waals surface area contributed by atoms with Crippen molar-refractivity contribution in [1.82, 2.24) is 10.2 Å². The Hall–Kier alpha value is -1.25. The van der Waals surface area contributed by atoms with Crippen LogP contribution in [0.25, 0.3) is 0 Å². The first-order valence-corrected chi connectivity index (χ1v) is 5.65. The molecule has 2 aliphatic heterocycles. The van der Waals surface area contributed by atoms with Crippen LogP contribution in [0.2, 0.25) is 0 Å². The van der Waals surface area contributed by atoms with Gasteiger partial charge < -0.3 is 14.9 Å². The zero-order valence-corrected chi connectivity index (χ0v) is 9.75. The lowest BCUT2D eigenvalue weighted by Gasteiger charge is -2.34. The van der Waals surface area contributed by atoms with Crippen molar-refractivity contribution < 1.29 is 28.9 Å². The lowest BCUT2D eigenvalue weighted by atomic mass is 10.1. The zero-order chi connectivity index (χ0) is 13.4. The Bertz CT molecular complexity index is 366. The molecule has 0 radical (unpaired) electrons. The Balaban J connectivity index is 2.12. The third kappa shape index (κ3) is 2.06. The molecule has 0 spiro atoms. The number of ether oxygens (including phenoxy) is 1. The molecule has 2 fully saturated rings. The number of aliphatic hydroxyl groups excluding tert-OH is 2. The second-order valence-electron chi connectivity index (χ2n) is 4.53. The largest absolute Gasteiger partial charge is 0.394 e. The number of alkyl halides is 1. The average Bonchev–Trinajstić information content (AvgIpc) is 2.61. The number of nitrogens with zero attached hydrogens (tertiary/aromatic N) is 1. The topological polar surface area (TPSA) is 99.1 Å². The third-order valence-corrected chi connectivity index (χ3v) is 3.19. The van der Waals surface area contributed by atoms with Gasteiger partial charge in [0.25, 0.3) is 0 Å². The van der Waals surface area contributed by atoms with Gasteiger partial charge in [-0.1, -0.05) is 6.92 Å². The molecule has 8 heteroatoms. The molecule has 0 aliphatic carbocycles. The van der Waals surface area contributed by atoms with Crippen LogP contribution in [0.15, 0.2) is 0 Å². The van der Waals surface area contributed by atoms with Crippen molar-refractivity contribution in [1.29, 1.82) is 0 Å². The average molecular weight is 262 g/mol. The Kier molecular flexibility index (Phi) is 3.51. The minimum atomic E-state index is -1.81. The number of carbonyl (C=O) groups excluding carboxylic acids is 2. The van der Waals surface area contributed by atoms with Gasteiger partial charge in [0, 0.05) is 6.54 Å². The summed E-state index contributed by atoms with van der Waals surface area (Å²) in [4.78, 5) is 23.9. The van der Waals surface area contributed by atoms with Gasteiger partial charge in [-0.05, 0) is 0 Å². The van der Waals surface area contributed by atoms with Crippen LogP contribution >= 0.6 is 0 Å². The van der Waals surface area contributed by atoms with Gasteiger partial charge in [-0.3, -0.25) is 15.0 Å². The molecule has 3 N–H and O–H groups in total. The number of amides is 3. The molecule has 2 rings (SSSR count). The van der Waals surface area contributed by atoms with Crippen molar-refractivity contribution in [3.8, 4) is 0 Å². The van der Waals surface area contributed by atoms with Gasteiger partial charge in [0.05, 0.1) is 12.5 Å². The molecule has 0 aromatic rings. The fourth-order valence-corrected chi connectivity index (χ4v) is 2.09. The number of hydrogen-bond donors (Lipinski definition) is 3. The maximum absolute atomic E-state index is 13.8. The Morgan fingerprint density at radius 1 is 1.56 bits per heavy atom. The molecule has 0 bridgehead atoms. The predicted octanol–water partition coefficient (Wildman–Crippen LogP) is -1.41. The minimum Gasteiger partial charge on any atom is -0.394 e. The van der Waals surface area contributed by atoms with Gasteiger partial charge >= 0.3 is 6.03 Å². The molecule has 7 nitrogen and oxygen atoms in total. The first-order chi connectivity index (χ1) is 8.45. The van der Waals surface area contributed by atoms with E-state index in [2.05, 4.69) is 5.32 Å². The fourth-order valence-electron chi connectivity index (χ4n) is 2.09. The molecule has 3 amide bonds. The summed E-state index contributed by atoms with van der Waals surface area (Å²) in [5, 5.41) is 20.5. The third-order valence-electron chi connectivity index (χ3n) is 3.19. The van der Waals surface area contributed by atoms with Crippen molar-refractivity contribution in [2.75, 3.05) is 13.2 Å². The van der Waals surface area contributed by atoms with Crippen LogP contribution in [0.4, 0.5) is 9.18 Å². The highest BCUT2D eigenvalue weighted by Crippen LogP contribution is 2.28. The zero-order valence-electron chi connectivity index (χ0n) is 9.75. The summed E-state index contributed by atoms with van der Waals surface area (Å²) in [6.07, 6.45) is -5.65.